The Bertz CT molecular complexity index is 759. The number of rotatable bonds is 3. The van der Waals surface area contributed by atoms with Gasteiger partial charge < -0.3 is 19.9 Å². The molecule has 0 radical (unpaired) electrons. The monoisotopic (exact) mass is 361 g/mol. The Morgan fingerprint density at radius 3 is 2.46 bits per heavy atom. The minimum absolute atomic E-state index is 0.114. The van der Waals surface area contributed by atoms with Crippen LogP contribution in [0.15, 0.2) is 23.1 Å². The topological polar surface area (TPSA) is 111 Å². The first-order valence-electron chi connectivity index (χ1n) is 8.82. The zero-order valence-electron chi connectivity index (χ0n) is 14.7. The summed E-state index contributed by atoms with van der Waals surface area (Å²) in [4.78, 5) is 52.8. The van der Waals surface area contributed by atoms with E-state index in [2.05, 4.69) is 4.98 Å². The fourth-order valence-electron chi connectivity index (χ4n) is 3.85. The van der Waals surface area contributed by atoms with E-state index in [0.29, 0.717) is 31.6 Å². The van der Waals surface area contributed by atoms with Crippen LogP contribution in [0.4, 0.5) is 0 Å². The number of carboxylic acid groups (broad SMARTS) is 1. The molecule has 0 saturated carbocycles. The van der Waals surface area contributed by atoms with Gasteiger partial charge in [-0.3, -0.25) is 14.4 Å². The molecule has 2 N–H and O–H groups in total. The van der Waals surface area contributed by atoms with Crippen molar-refractivity contribution in [3.8, 4) is 0 Å². The van der Waals surface area contributed by atoms with Crippen molar-refractivity contribution in [3.63, 3.8) is 0 Å². The van der Waals surface area contributed by atoms with Crippen molar-refractivity contribution in [2.24, 2.45) is 5.41 Å². The van der Waals surface area contributed by atoms with Gasteiger partial charge in [0, 0.05) is 38.3 Å². The molecule has 1 aromatic heterocycles. The van der Waals surface area contributed by atoms with Gasteiger partial charge in [0.15, 0.2) is 0 Å². The molecule has 3 rings (SSSR count). The lowest BCUT2D eigenvalue weighted by molar-refractivity contribution is -0.154. The molecule has 8 nitrogen and oxygen atoms in total. The Hall–Kier alpha value is -2.64. The minimum Gasteiger partial charge on any atom is -0.480 e. The Labute approximate surface area is 150 Å². The predicted molar refractivity (Wildman–Crippen MR) is 92.7 cm³/mol. The zero-order chi connectivity index (χ0) is 18.9. The zero-order valence-corrected chi connectivity index (χ0v) is 14.7. The number of carboxylic acids is 1. The van der Waals surface area contributed by atoms with Crippen molar-refractivity contribution in [2.75, 3.05) is 19.6 Å². The van der Waals surface area contributed by atoms with Crippen LogP contribution in [0.25, 0.3) is 0 Å². The van der Waals surface area contributed by atoms with Crippen molar-refractivity contribution in [2.45, 2.75) is 38.6 Å². The highest BCUT2D eigenvalue weighted by atomic mass is 16.4. The highest BCUT2D eigenvalue weighted by molar-refractivity contribution is 5.94. The van der Waals surface area contributed by atoms with E-state index in [1.54, 1.807) is 4.90 Å². The van der Waals surface area contributed by atoms with Crippen LogP contribution in [0.1, 0.15) is 43.0 Å². The number of hydrogen-bond donors (Lipinski definition) is 2. The molecular weight excluding hydrogens is 338 g/mol. The summed E-state index contributed by atoms with van der Waals surface area (Å²) < 4.78 is 0. The number of aliphatic carboxylic acids is 1. The lowest BCUT2D eigenvalue weighted by atomic mass is 9.72. The van der Waals surface area contributed by atoms with E-state index in [1.807, 2.05) is 0 Å². The molecule has 2 amide bonds. The first kappa shape index (κ1) is 18.2. The number of carbonyl (C=O) groups excluding carboxylic acids is 2. The number of H-pyrrole nitrogens is 1. The molecular formula is C18H23N3O5. The number of nitrogens with zero attached hydrogens (tertiary/aromatic N) is 2. The molecule has 0 aromatic carbocycles. The molecule has 2 aliphatic rings. The standard InChI is InChI=1S/C18H23N3O5/c1-12(17(25)26)21-11-18(5-4-15(21)23)6-8-20(9-7-18)16(24)13-2-3-14(22)19-10-13/h2-3,10,12H,4-9,11H2,1H3,(H,19,22)(H,25,26). The van der Waals surface area contributed by atoms with Gasteiger partial charge in [-0.2, -0.15) is 0 Å². The third-order valence-electron chi connectivity index (χ3n) is 5.66. The fraction of sp³-hybridized carbons (Fsp3) is 0.556. The average molecular weight is 361 g/mol. The molecule has 2 saturated heterocycles. The molecule has 3 heterocycles. The van der Waals surface area contributed by atoms with Gasteiger partial charge in [-0.05, 0) is 37.7 Å². The number of likely N-dealkylation sites (tertiary alicyclic amines) is 2. The van der Waals surface area contributed by atoms with E-state index in [0.717, 1.165) is 19.3 Å². The van der Waals surface area contributed by atoms with Gasteiger partial charge in [-0.25, -0.2) is 4.79 Å². The van der Waals surface area contributed by atoms with Crippen LogP contribution in [0, 0.1) is 5.41 Å². The van der Waals surface area contributed by atoms with Crippen LogP contribution >= 0.6 is 0 Å². The molecule has 26 heavy (non-hydrogen) atoms. The van der Waals surface area contributed by atoms with Gasteiger partial charge in [0.25, 0.3) is 5.91 Å². The summed E-state index contributed by atoms with van der Waals surface area (Å²) in [7, 11) is 0. The van der Waals surface area contributed by atoms with Crippen molar-refractivity contribution in [3.05, 3.63) is 34.2 Å². The van der Waals surface area contributed by atoms with Gasteiger partial charge in [0.1, 0.15) is 6.04 Å². The third-order valence-corrected chi connectivity index (χ3v) is 5.66. The van der Waals surface area contributed by atoms with E-state index in [-0.39, 0.29) is 22.8 Å². The maximum Gasteiger partial charge on any atom is 0.326 e. The first-order chi connectivity index (χ1) is 12.3. The van der Waals surface area contributed by atoms with Crippen LogP contribution in [-0.4, -0.2) is 63.4 Å². The summed E-state index contributed by atoms with van der Waals surface area (Å²) in [5.74, 6) is -1.24. The number of carbonyl (C=O) groups is 3. The van der Waals surface area contributed by atoms with Gasteiger partial charge in [0.05, 0.1) is 5.56 Å². The summed E-state index contributed by atoms with van der Waals surface area (Å²) >= 11 is 0. The minimum atomic E-state index is -0.999. The molecule has 2 fully saturated rings. The van der Waals surface area contributed by atoms with Gasteiger partial charge in [-0.15, -0.1) is 0 Å². The lowest BCUT2D eigenvalue weighted by Crippen LogP contribution is -2.55. The normalized spacial score (nSPS) is 20.9. The summed E-state index contributed by atoms with van der Waals surface area (Å²) in [6.45, 7) is 3.08. The van der Waals surface area contributed by atoms with E-state index < -0.39 is 12.0 Å². The number of piperidine rings is 2. The van der Waals surface area contributed by atoms with Gasteiger partial charge >= 0.3 is 5.97 Å². The quantitative estimate of drug-likeness (QED) is 0.823. The Kier molecular flexibility index (Phi) is 4.84. The third kappa shape index (κ3) is 3.49. The molecule has 0 bridgehead atoms. The number of nitrogens with one attached hydrogen (secondary N) is 1. The molecule has 1 aromatic rings. The summed E-state index contributed by atoms with van der Waals surface area (Å²) in [5, 5.41) is 9.23. The second-order valence-corrected chi connectivity index (χ2v) is 7.27. The highest BCUT2D eigenvalue weighted by Crippen LogP contribution is 2.41. The molecule has 8 heteroatoms. The summed E-state index contributed by atoms with van der Waals surface area (Å²) in [6, 6.07) is 2.01. The van der Waals surface area contributed by atoms with Crippen LogP contribution in [0.5, 0.6) is 0 Å². The van der Waals surface area contributed by atoms with Crippen molar-refractivity contribution >= 4 is 17.8 Å². The lowest BCUT2D eigenvalue weighted by Gasteiger charge is -2.48. The Morgan fingerprint density at radius 1 is 1.19 bits per heavy atom. The number of aromatic nitrogens is 1. The van der Waals surface area contributed by atoms with Crippen LogP contribution in [0.2, 0.25) is 0 Å². The maximum absolute atomic E-state index is 12.6. The highest BCUT2D eigenvalue weighted by Gasteiger charge is 2.43. The van der Waals surface area contributed by atoms with Crippen LogP contribution in [0.3, 0.4) is 0 Å². The van der Waals surface area contributed by atoms with Crippen molar-refractivity contribution in [1.29, 1.82) is 0 Å². The molecule has 140 valence electrons. The first-order valence-corrected chi connectivity index (χ1v) is 8.82. The fourth-order valence-corrected chi connectivity index (χ4v) is 3.85. The van der Waals surface area contributed by atoms with E-state index >= 15 is 0 Å². The van der Waals surface area contributed by atoms with E-state index in [4.69, 9.17) is 0 Å². The largest absolute Gasteiger partial charge is 0.480 e. The molecule has 1 atom stereocenters. The van der Waals surface area contributed by atoms with E-state index in [9.17, 15) is 24.3 Å². The summed E-state index contributed by atoms with van der Waals surface area (Å²) in [5.41, 5.74) is 0.0681. The molecule has 2 aliphatic heterocycles. The summed E-state index contributed by atoms with van der Waals surface area (Å²) in [6.07, 6.45) is 3.97. The van der Waals surface area contributed by atoms with Gasteiger partial charge in [-0.1, -0.05) is 0 Å². The van der Waals surface area contributed by atoms with Crippen LogP contribution in [-0.2, 0) is 9.59 Å². The molecule has 1 spiro atoms. The number of aromatic amines is 1. The van der Waals surface area contributed by atoms with Crippen molar-refractivity contribution < 1.29 is 19.5 Å². The second-order valence-electron chi connectivity index (χ2n) is 7.27. The van der Waals surface area contributed by atoms with Gasteiger partial charge in [0.2, 0.25) is 11.5 Å². The maximum atomic E-state index is 12.6. The Morgan fingerprint density at radius 2 is 1.88 bits per heavy atom. The number of pyridine rings is 1. The second kappa shape index (κ2) is 6.93. The van der Waals surface area contributed by atoms with Crippen LogP contribution < -0.4 is 5.56 Å². The number of hydrogen-bond acceptors (Lipinski definition) is 4. The number of amides is 2. The smallest absolute Gasteiger partial charge is 0.326 e. The average Bonchev–Trinajstić information content (AvgIpc) is 2.64. The van der Waals surface area contributed by atoms with E-state index in [1.165, 1.54) is 30.2 Å². The Balaban J connectivity index is 1.66. The SMILES string of the molecule is CC(C(=O)O)N1CC2(CCC1=O)CCN(C(=O)c1ccc(=O)[nH]c1)CC2. The molecule has 0 aliphatic carbocycles. The molecule has 1 unspecified atom stereocenters. The van der Waals surface area contributed by atoms with Crippen molar-refractivity contribution in [1.82, 2.24) is 14.8 Å². The predicted octanol–water partition coefficient (Wildman–Crippen LogP) is 0.693.